The van der Waals surface area contributed by atoms with Crippen molar-refractivity contribution in [1.82, 2.24) is 4.90 Å². The molecule has 1 saturated carbocycles. The van der Waals surface area contributed by atoms with Crippen molar-refractivity contribution in [2.24, 2.45) is 11.1 Å². The van der Waals surface area contributed by atoms with Gasteiger partial charge in [-0.25, -0.2) is 0 Å². The Morgan fingerprint density at radius 3 is 1.90 bits per heavy atom. The van der Waals surface area contributed by atoms with E-state index in [4.69, 9.17) is 5.73 Å². The molecule has 4 heteroatoms. The molecule has 0 aromatic rings. The summed E-state index contributed by atoms with van der Waals surface area (Å²) in [6.07, 6.45) is 17.3. The molecule has 128 valence electrons. The van der Waals surface area contributed by atoms with Gasteiger partial charge >= 0.3 is 0 Å². The Balaban J connectivity index is 0.00000200. The van der Waals surface area contributed by atoms with Crippen LogP contribution >= 0.6 is 24.8 Å². The second-order valence-corrected chi connectivity index (χ2v) is 6.96. The lowest BCUT2D eigenvalue weighted by Crippen LogP contribution is -2.41. The Morgan fingerprint density at radius 2 is 1.29 bits per heavy atom. The first-order chi connectivity index (χ1) is 9.35. The molecule has 2 nitrogen and oxygen atoms in total. The molecule has 0 bridgehead atoms. The Bertz CT molecular complexity index is 233. The number of likely N-dealkylation sites (tertiary alicyclic amines) is 1. The Morgan fingerprint density at radius 1 is 0.714 bits per heavy atom. The number of unbranched alkanes of at least 4 members (excludes halogenated alkanes) is 4. The van der Waals surface area contributed by atoms with Crippen LogP contribution in [0.25, 0.3) is 0 Å². The van der Waals surface area contributed by atoms with Gasteiger partial charge in [-0.1, -0.05) is 38.5 Å². The highest BCUT2D eigenvalue weighted by Crippen LogP contribution is 2.44. The van der Waals surface area contributed by atoms with Gasteiger partial charge in [-0.05, 0) is 70.1 Å². The molecule has 1 saturated heterocycles. The topological polar surface area (TPSA) is 29.3 Å². The molecule has 0 unspecified atom stereocenters. The third-order valence-corrected chi connectivity index (χ3v) is 5.51. The Labute approximate surface area is 144 Å². The van der Waals surface area contributed by atoms with E-state index in [-0.39, 0.29) is 24.8 Å². The fraction of sp³-hybridized carbons (Fsp3) is 1.00. The van der Waals surface area contributed by atoms with Crippen molar-refractivity contribution >= 4 is 24.8 Å². The minimum absolute atomic E-state index is 0. The van der Waals surface area contributed by atoms with Gasteiger partial charge in [0, 0.05) is 0 Å². The molecule has 0 aromatic heterocycles. The van der Waals surface area contributed by atoms with Crippen LogP contribution in [0.4, 0.5) is 0 Å². The normalized spacial score (nSPS) is 21.6. The van der Waals surface area contributed by atoms with Gasteiger partial charge in [-0.15, -0.1) is 24.8 Å². The zero-order valence-electron chi connectivity index (χ0n) is 13.7. The molecule has 2 aliphatic rings. The summed E-state index contributed by atoms with van der Waals surface area (Å²) >= 11 is 0. The SMILES string of the molecule is Cl.Cl.NCCCCCCCN1CCC2(CCCCC2)CC1. The number of nitrogens with two attached hydrogens (primary N) is 1. The number of rotatable bonds is 7. The second-order valence-electron chi connectivity index (χ2n) is 6.96. The molecule has 0 atom stereocenters. The number of halogens is 2. The molecule has 0 radical (unpaired) electrons. The second kappa shape index (κ2) is 12.0. The summed E-state index contributed by atoms with van der Waals surface area (Å²) in [5.41, 5.74) is 6.29. The average molecular weight is 339 g/mol. The molecule has 2 rings (SSSR count). The van der Waals surface area contributed by atoms with Crippen molar-refractivity contribution in [2.45, 2.75) is 77.0 Å². The van der Waals surface area contributed by atoms with Crippen molar-refractivity contribution in [1.29, 1.82) is 0 Å². The summed E-state index contributed by atoms with van der Waals surface area (Å²) in [5.74, 6) is 0. The van der Waals surface area contributed by atoms with Crippen LogP contribution in [0.3, 0.4) is 0 Å². The van der Waals surface area contributed by atoms with Crippen molar-refractivity contribution in [3.05, 3.63) is 0 Å². The van der Waals surface area contributed by atoms with Gasteiger partial charge in [0.05, 0.1) is 0 Å². The maximum atomic E-state index is 5.52. The van der Waals surface area contributed by atoms with Crippen molar-refractivity contribution in [2.75, 3.05) is 26.2 Å². The summed E-state index contributed by atoms with van der Waals surface area (Å²) in [7, 11) is 0. The molecule has 21 heavy (non-hydrogen) atoms. The predicted octanol–water partition coefficient (Wildman–Crippen LogP) is 4.79. The largest absolute Gasteiger partial charge is 0.330 e. The van der Waals surface area contributed by atoms with E-state index in [2.05, 4.69) is 4.90 Å². The quantitative estimate of drug-likeness (QED) is 0.676. The Hall–Kier alpha value is 0.500. The molecule has 1 aliphatic carbocycles. The minimum atomic E-state index is 0. The predicted molar refractivity (Wildman–Crippen MR) is 97.8 cm³/mol. The van der Waals surface area contributed by atoms with Crippen molar-refractivity contribution in [3.8, 4) is 0 Å². The third kappa shape index (κ3) is 7.54. The number of hydrogen-bond donors (Lipinski definition) is 1. The van der Waals surface area contributed by atoms with Crippen LogP contribution in [0.5, 0.6) is 0 Å². The van der Waals surface area contributed by atoms with Crippen molar-refractivity contribution < 1.29 is 0 Å². The molecule has 2 fully saturated rings. The van der Waals surface area contributed by atoms with Gasteiger partial charge in [-0.2, -0.15) is 0 Å². The molecule has 1 aliphatic heterocycles. The molecule has 2 N–H and O–H groups in total. The van der Waals surface area contributed by atoms with Crippen LogP contribution < -0.4 is 5.73 Å². The van der Waals surface area contributed by atoms with E-state index >= 15 is 0 Å². The van der Waals surface area contributed by atoms with Crippen LogP contribution in [0.2, 0.25) is 0 Å². The van der Waals surface area contributed by atoms with E-state index in [9.17, 15) is 0 Å². The first kappa shape index (κ1) is 21.5. The van der Waals surface area contributed by atoms with Gasteiger partial charge < -0.3 is 10.6 Å². The fourth-order valence-corrected chi connectivity index (χ4v) is 4.06. The summed E-state index contributed by atoms with van der Waals surface area (Å²) < 4.78 is 0. The van der Waals surface area contributed by atoms with E-state index in [0.717, 1.165) is 12.0 Å². The van der Waals surface area contributed by atoms with E-state index < -0.39 is 0 Å². The van der Waals surface area contributed by atoms with Crippen LogP contribution in [0.15, 0.2) is 0 Å². The van der Waals surface area contributed by atoms with Crippen LogP contribution in [-0.4, -0.2) is 31.1 Å². The van der Waals surface area contributed by atoms with Crippen LogP contribution in [0, 0.1) is 5.41 Å². The van der Waals surface area contributed by atoms with E-state index in [1.165, 1.54) is 96.7 Å². The number of nitrogens with zero attached hydrogens (tertiary/aromatic N) is 1. The summed E-state index contributed by atoms with van der Waals surface area (Å²) in [5, 5.41) is 0. The minimum Gasteiger partial charge on any atom is -0.330 e. The highest BCUT2D eigenvalue weighted by atomic mass is 35.5. The van der Waals surface area contributed by atoms with Gasteiger partial charge in [0.2, 0.25) is 0 Å². The number of hydrogen-bond acceptors (Lipinski definition) is 2. The lowest BCUT2D eigenvalue weighted by molar-refractivity contribution is 0.0670. The average Bonchev–Trinajstić information content (AvgIpc) is 2.46. The summed E-state index contributed by atoms with van der Waals surface area (Å²) in [4.78, 5) is 2.72. The van der Waals surface area contributed by atoms with Crippen LogP contribution in [0.1, 0.15) is 77.0 Å². The highest BCUT2D eigenvalue weighted by Gasteiger charge is 2.35. The lowest BCUT2D eigenvalue weighted by atomic mass is 9.68. The maximum absolute atomic E-state index is 5.52. The summed E-state index contributed by atoms with van der Waals surface area (Å²) in [6.45, 7) is 4.97. The smallest absolute Gasteiger partial charge is 0.00134 e. The molecule has 0 aromatic carbocycles. The van der Waals surface area contributed by atoms with Gasteiger partial charge in [0.15, 0.2) is 0 Å². The molecular formula is C17H36Cl2N2. The standard InChI is InChI=1S/C17H34N2.2ClH/c18-13-7-2-1-3-8-14-19-15-11-17(12-16-19)9-5-4-6-10-17;;/h1-16,18H2;2*1H. The first-order valence-electron chi connectivity index (χ1n) is 8.77. The van der Waals surface area contributed by atoms with Gasteiger partial charge in [0.25, 0.3) is 0 Å². The van der Waals surface area contributed by atoms with Crippen LogP contribution in [-0.2, 0) is 0 Å². The molecule has 1 spiro atoms. The molecular weight excluding hydrogens is 303 g/mol. The van der Waals surface area contributed by atoms with Crippen molar-refractivity contribution in [3.63, 3.8) is 0 Å². The zero-order valence-corrected chi connectivity index (χ0v) is 15.3. The van der Waals surface area contributed by atoms with Gasteiger partial charge in [-0.3, -0.25) is 0 Å². The first-order valence-corrected chi connectivity index (χ1v) is 8.77. The monoisotopic (exact) mass is 338 g/mol. The highest BCUT2D eigenvalue weighted by molar-refractivity contribution is 5.85. The third-order valence-electron chi connectivity index (χ3n) is 5.51. The van der Waals surface area contributed by atoms with E-state index in [0.29, 0.717) is 0 Å². The number of piperidine rings is 1. The molecule has 0 amide bonds. The lowest BCUT2D eigenvalue weighted by Gasteiger charge is -2.44. The Kier molecular flexibility index (Phi) is 12.3. The zero-order chi connectivity index (χ0) is 13.4. The van der Waals surface area contributed by atoms with Gasteiger partial charge in [0.1, 0.15) is 0 Å². The fourth-order valence-electron chi connectivity index (χ4n) is 4.06. The van der Waals surface area contributed by atoms with E-state index in [1.807, 2.05) is 0 Å². The molecule has 1 heterocycles. The summed E-state index contributed by atoms with van der Waals surface area (Å²) in [6, 6.07) is 0. The van der Waals surface area contributed by atoms with E-state index in [1.54, 1.807) is 0 Å². The maximum Gasteiger partial charge on any atom is -0.00134 e.